The van der Waals surface area contributed by atoms with E-state index in [0.29, 0.717) is 30.5 Å². The minimum absolute atomic E-state index is 0.212. The molecule has 3 rings (SSSR count). The van der Waals surface area contributed by atoms with Crippen LogP contribution in [-0.2, 0) is 9.53 Å². The molecule has 6 nitrogen and oxygen atoms in total. The van der Waals surface area contributed by atoms with Gasteiger partial charge in [-0.1, -0.05) is 30.3 Å². The lowest BCUT2D eigenvalue weighted by atomic mass is 10.0. The molecule has 2 amide bonds. The molecule has 2 N–H and O–H groups in total. The maximum Gasteiger partial charge on any atom is 0.337 e. The number of carbonyl (C=O) groups is 2. The van der Waals surface area contributed by atoms with Gasteiger partial charge in [-0.05, 0) is 31.9 Å². The van der Waals surface area contributed by atoms with Crippen molar-refractivity contribution in [2.45, 2.75) is 25.8 Å². The number of esters is 1. The Bertz CT molecular complexity index is 642. The Kier molecular flexibility index (Phi) is 5.15. The lowest BCUT2D eigenvalue weighted by molar-refractivity contribution is -0.138. The van der Waals surface area contributed by atoms with Gasteiger partial charge in [0.1, 0.15) is 0 Å². The summed E-state index contributed by atoms with van der Waals surface area (Å²) < 4.78 is 5.12. The first-order chi connectivity index (χ1) is 11.7. The second kappa shape index (κ2) is 7.49. The van der Waals surface area contributed by atoms with E-state index in [9.17, 15) is 9.59 Å². The minimum Gasteiger partial charge on any atom is -0.463 e. The molecule has 6 heteroatoms. The third-order valence-corrected chi connectivity index (χ3v) is 4.49. The van der Waals surface area contributed by atoms with Crippen molar-refractivity contribution in [2.24, 2.45) is 0 Å². The Morgan fingerprint density at radius 1 is 1.33 bits per heavy atom. The van der Waals surface area contributed by atoms with E-state index in [1.54, 1.807) is 6.92 Å². The van der Waals surface area contributed by atoms with E-state index in [4.69, 9.17) is 4.74 Å². The van der Waals surface area contributed by atoms with Crippen LogP contribution in [0.4, 0.5) is 4.79 Å². The fraction of sp³-hybridized carbons (Fsp3) is 0.444. The molecule has 0 aromatic heterocycles. The van der Waals surface area contributed by atoms with Gasteiger partial charge in [-0.25, -0.2) is 9.59 Å². The minimum atomic E-state index is -0.365. The Morgan fingerprint density at radius 2 is 2.12 bits per heavy atom. The van der Waals surface area contributed by atoms with Crippen molar-refractivity contribution in [2.75, 3.05) is 26.2 Å². The first kappa shape index (κ1) is 16.5. The van der Waals surface area contributed by atoms with Crippen molar-refractivity contribution >= 4 is 12.0 Å². The molecule has 0 bridgehead atoms. The molecule has 1 atom stereocenters. The van der Waals surface area contributed by atoms with Gasteiger partial charge < -0.3 is 15.4 Å². The number of likely N-dealkylation sites (tertiary alicyclic amines) is 1. The van der Waals surface area contributed by atoms with Crippen LogP contribution in [0.2, 0.25) is 0 Å². The van der Waals surface area contributed by atoms with Gasteiger partial charge in [0.15, 0.2) is 0 Å². The zero-order valence-corrected chi connectivity index (χ0v) is 13.9. The summed E-state index contributed by atoms with van der Waals surface area (Å²) in [6, 6.07) is 10.4. The normalized spacial score (nSPS) is 21.4. The fourth-order valence-corrected chi connectivity index (χ4v) is 3.35. The van der Waals surface area contributed by atoms with E-state index in [-0.39, 0.29) is 18.5 Å². The lowest BCUT2D eigenvalue weighted by Crippen LogP contribution is -2.46. The maximum atomic E-state index is 12.2. The summed E-state index contributed by atoms with van der Waals surface area (Å²) in [6.07, 6.45) is 2.19. The SMILES string of the molecule is CCOC(=O)C1=C(CN2CCC[C@H]2c2ccccc2)NC(=O)NC1. The van der Waals surface area contributed by atoms with Crippen LogP contribution in [0.1, 0.15) is 31.4 Å². The third-order valence-electron chi connectivity index (χ3n) is 4.49. The standard InChI is InChI=1S/C18H23N3O3/c1-2-24-17(22)14-11-19-18(23)20-15(14)12-21-10-6-9-16(21)13-7-4-3-5-8-13/h3-5,7-8,16H,2,6,9-12H2,1H3,(H2,19,20,23)/t16-/m0/s1. The highest BCUT2D eigenvalue weighted by atomic mass is 16.5. The number of nitrogens with one attached hydrogen (secondary N) is 2. The van der Waals surface area contributed by atoms with Gasteiger partial charge >= 0.3 is 12.0 Å². The number of amides is 2. The van der Waals surface area contributed by atoms with Crippen LogP contribution in [0.3, 0.4) is 0 Å². The molecule has 1 fully saturated rings. The van der Waals surface area contributed by atoms with Gasteiger partial charge in [0.2, 0.25) is 0 Å². The van der Waals surface area contributed by atoms with Crippen molar-refractivity contribution in [3.63, 3.8) is 0 Å². The van der Waals surface area contributed by atoms with Gasteiger partial charge in [-0.15, -0.1) is 0 Å². The summed E-state index contributed by atoms with van der Waals surface area (Å²) in [6.45, 7) is 3.80. The van der Waals surface area contributed by atoms with Gasteiger partial charge in [0.25, 0.3) is 0 Å². The average Bonchev–Trinajstić information content (AvgIpc) is 3.04. The molecule has 2 heterocycles. The van der Waals surface area contributed by atoms with Crippen molar-refractivity contribution < 1.29 is 14.3 Å². The number of carbonyl (C=O) groups excluding carboxylic acids is 2. The smallest absolute Gasteiger partial charge is 0.337 e. The largest absolute Gasteiger partial charge is 0.463 e. The number of hydrogen-bond donors (Lipinski definition) is 2. The molecule has 1 aromatic rings. The van der Waals surface area contributed by atoms with Crippen molar-refractivity contribution in [3.8, 4) is 0 Å². The van der Waals surface area contributed by atoms with Gasteiger partial charge in [-0.2, -0.15) is 0 Å². The molecule has 0 spiro atoms. The lowest BCUT2D eigenvalue weighted by Gasteiger charge is -2.29. The van der Waals surface area contributed by atoms with E-state index in [1.165, 1.54) is 5.56 Å². The number of nitrogens with zero attached hydrogens (tertiary/aromatic N) is 1. The number of ether oxygens (including phenoxy) is 1. The molecule has 0 aliphatic carbocycles. The zero-order valence-electron chi connectivity index (χ0n) is 13.9. The topological polar surface area (TPSA) is 70.7 Å². The summed E-state index contributed by atoms with van der Waals surface area (Å²) in [4.78, 5) is 26.2. The van der Waals surface area contributed by atoms with Crippen molar-refractivity contribution in [1.82, 2.24) is 15.5 Å². The van der Waals surface area contributed by atoms with Crippen molar-refractivity contribution in [1.29, 1.82) is 0 Å². The zero-order chi connectivity index (χ0) is 16.9. The summed E-state index contributed by atoms with van der Waals surface area (Å²) in [5.41, 5.74) is 2.43. The van der Waals surface area contributed by atoms with E-state index in [2.05, 4.69) is 27.7 Å². The van der Waals surface area contributed by atoms with Crippen LogP contribution >= 0.6 is 0 Å². The van der Waals surface area contributed by atoms with E-state index >= 15 is 0 Å². The summed E-state index contributed by atoms with van der Waals surface area (Å²) in [7, 11) is 0. The summed E-state index contributed by atoms with van der Waals surface area (Å²) in [5, 5.41) is 5.43. The fourth-order valence-electron chi connectivity index (χ4n) is 3.35. The predicted molar refractivity (Wildman–Crippen MR) is 90.2 cm³/mol. The third kappa shape index (κ3) is 3.59. The molecular weight excluding hydrogens is 306 g/mol. The molecule has 2 aliphatic heterocycles. The van der Waals surface area contributed by atoms with Gasteiger partial charge in [0.05, 0.1) is 18.7 Å². The molecule has 0 saturated carbocycles. The Morgan fingerprint density at radius 3 is 2.88 bits per heavy atom. The summed E-state index contributed by atoms with van der Waals surface area (Å²) in [5.74, 6) is -0.365. The monoisotopic (exact) mass is 329 g/mol. The Balaban J connectivity index is 1.80. The first-order valence-corrected chi connectivity index (χ1v) is 8.42. The van der Waals surface area contributed by atoms with E-state index in [1.807, 2.05) is 18.2 Å². The van der Waals surface area contributed by atoms with Crippen LogP contribution in [0, 0.1) is 0 Å². The Labute approximate surface area is 141 Å². The number of benzene rings is 1. The second-order valence-corrected chi connectivity index (χ2v) is 6.02. The quantitative estimate of drug-likeness (QED) is 0.810. The number of hydrogen-bond acceptors (Lipinski definition) is 4. The summed E-state index contributed by atoms with van der Waals surface area (Å²) >= 11 is 0. The van der Waals surface area contributed by atoms with Crippen LogP contribution in [0.25, 0.3) is 0 Å². The highest BCUT2D eigenvalue weighted by molar-refractivity contribution is 5.93. The van der Waals surface area contributed by atoms with Crippen LogP contribution < -0.4 is 10.6 Å². The van der Waals surface area contributed by atoms with Crippen molar-refractivity contribution in [3.05, 3.63) is 47.2 Å². The average molecular weight is 329 g/mol. The van der Waals surface area contributed by atoms with Crippen LogP contribution in [-0.4, -0.2) is 43.1 Å². The van der Waals surface area contributed by atoms with Gasteiger partial charge in [-0.3, -0.25) is 4.90 Å². The van der Waals surface area contributed by atoms with Gasteiger partial charge in [0, 0.05) is 18.3 Å². The maximum absolute atomic E-state index is 12.2. The number of urea groups is 1. The Hall–Kier alpha value is -2.34. The molecule has 1 aromatic carbocycles. The molecule has 24 heavy (non-hydrogen) atoms. The highest BCUT2D eigenvalue weighted by Gasteiger charge is 2.30. The molecule has 1 saturated heterocycles. The second-order valence-electron chi connectivity index (χ2n) is 6.02. The van der Waals surface area contributed by atoms with Crippen LogP contribution in [0.5, 0.6) is 0 Å². The van der Waals surface area contributed by atoms with E-state index < -0.39 is 0 Å². The molecular formula is C18H23N3O3. The molecule has 0 radical (unpaired) electrons. The molecule has 2 aliphatic rings. The molecule has 128 valence electrons. The first-order valence-electron chi connectivity index (χ1n) is 8.42. The molecule has 0 unspecified atom stereocenters. The van der Waals surface area contributed by atoms with Crippen LogP contribution in [0.15, 0.2) is 41.6 Å². The highest BCUT2D eigenvalue weighted by Crippen LogP contribution is 2.32. The predicted octanol–water partition coefficient (Wildman–Crippen LogP) is 1.95. The van der Waals surface area contributed by atoms with E-state index in [0.717, 1.165) is 19.4 Å². The number of rotatable bonds is 5.